The highest BCUT2D eigenvalue weighted by Crippen LogP contribution is 2.21. The van der Waals surface area contributed by atoms with Crippen molar-refractivity contribution in [3.05, 3.63) is 29.6 Å². The molecular weight excluding hydrogens is 188 g/mol. The molecular formula is C12H20N2O. The molecule has 0 aliphatic heterocycles. The third kappa shape index (κ3) is 3.61. The summed E-state index contributed by atoms with van der Waals surface area (Å²) in [6.07, 6.45) is 2.80. The first-order valence-electron chi connectivity index (χ1n) is 5.32. The fourth-order valence-corrected chi connectivity index (χ4v) is 1.59. The molecule has 3 nitrogen and oxygen atoms in total. The molecule has 84 valence electrons. The van der Waals surface area contributed by atoms with Crippen molar-refractivity contribution in [1.29, 1.82) is 0 Å². The number of pyridine rings is 1. The minimum atomic E-state index is 0.0712. The van der Waals surface area contributed by atoms with E-state index < -0.39 is 0 Å². The van der Waals surface area contributed by atoms with Gasteiger partial charge in [0.25, 0.3) is 0 Å². The van der Waals surface area contributed by atoms with Gasteiger partial charge in [-0.3, -0.25) is 4.98 Å². The Morgan fingerprint density at radius 2 is 2.27 bits per heavy atom. The monoisotopic (exact) mass is 208 g/mol. The normalized spacial score (nSPS) is 14.9. The van der Waals surface area contributed by atoms with E-state index >= 15 is 0 Å². The van der Waals surface area contributed by atoms with Crippen LogP contribution in [0, 0.1) is 12.8 Å². The van der Waals surface area contributed by atoms with E-state index in [2.05, 4.69) is 11.9 Å². The van der Waals surface area contributed by atoms with E-state index in [4.69, 9.17) is 10.5 Å². The van der Waals surface area contributed by atoms with Gasteiger partial charge in [-0.25, -0.2) is 0 Å². The number of nitrogens with zero attached hydrogens (tertiary/aromatic N) is 1. The van der Waals surface area contributed by atoms with Gasteiger partial charge in [-0.1, -0.05) is 6.92 Å². The second kappa shape index (κ2) is 5.83. The van der Waals surface area contributed by atoms with Crippen LogP contribution in [0.2, 0.25) is 0 Å². The molecule has 0 bridgehead atoms. The van der Waals surface area contributed by atoms with E-state index in [1.807, 2.05) is 25.3 Å². The number of aryl methyl sites for hydroxylation is 1. The molecule has 0 aromatic carbocycles. The average molecular weight is 208 g/mol. The van der Waals surface area contributed by atoms with Gasteiger partial charge in [-0.05, 0) is 37.0 Å². The molecule has 0 saturated heterocycles. The molecule has 2 unspecified atom stereocenters. The Bertz CT molecular complexity index is 301. The fourth-order valence-electron chi connectivity index (χ4n) is 1.59. The van der Waals surface area contributed by atoms with Crippen molar-refractivity contribution in [2.45, 2.75) is 26.3 Å². The fraction of sp³-hybridized carbons (Fsp3) is 0.583. The van der Waals surface area contributed by atoms with Crippen LogP contribution >= 0.6 is 0 Å². The van der Waals surface area contributed by atoms with Crippen LogP contribution in [-0.4, -0.2) is 18.7 Å². The Balaban J connectivity index is 2.62. The molecule has 0 amide bonds. The summed E-state index contributed by atoms with van der Waals surface area (Å²) >= 11 is 0. The van der Waals surface area contributed by atoms with Gasteiger partial charge in [0.1, 0.15) is 0 Å². The summed E-state index contributed by atoms with van der Waals surface area (Å²) < 4.78 is 5.05. The van der Waals surface area contributed by atoms with Crippen molar-refractivity contribution in [3.8, 4) is 0 Å². The molecule has 0 saturated carbocycles. The summed E-state index contributed by atoms with van der Waals surface area (Å²) in [6, 6.07) is 4.11. The van der Waals surface area contributed by atoms with Crippen molar-refractivity contribution in [2.24, 2.45) is 11.7 Å². The largest absolute Gasteiger partial charge is 0.385 e. The highest BCUT2D eigenvalue weighted by molar-refractivity contribution is 5.19. The number of aromatic nitrogens is 1. The molecule has 1 heterocycles. The van der Waals surface area contributed by atoms with Crippen LogP contribution < -0.4 is 5.73 Å². The van der Waals surface area contributed by atoms with Crippen molar-refractivity contribution < 1.29 is 4.74 Å². The number of rotatable bonds is 5. The van der Waals surface area contributed by atoms with Crippen LogP contribution in [0.3, 0.4) is 0 Å². The van der Waals surface area contributed by atoms with E-state index in [-0.39, 0.29) is 6.04 Å². The predicted octanol–water partition coefficient (Wildman–Crippen LogP) is 2.06. The van der Waals surface area contributed by atoms with Gasteiger partial charge in [0, 0.05) is 31.6 Å². The second-order valence-corrected chi connectivity index (χ2v) is 4.02. The summed E-state index contributed by atoms with van der Waals surface area (Å²) in [5.41, 5.74) is 8.34. The van der Waals surface area contributed by atoms with Crippen molar-refractivity contribution in [2.75, 3.05) is 13.7 Å². The minimum Gasteiger partial charge on any atom is -0.385 e. The summed E-state index contributed by atoms with van der Waals surface area (Å²) in [7, 11) is 1.72. The summed E-state index contributed by atoms with van der Waals surface area (Å²) in [5, 5.41) is 0. The maximum atomic E-state index is 6.16. The molecule has 0 aliphatic rings. The first-order chi connectivity index (χ1) is 7.15. The molecule has 0 fully saturated rings. The molecule has 15 heavy (non-hydrogen) atoms. The Labute approximate surface area is 91.7 Å². The maximum Gasteiger partial charge on any atom is 0.0465 e. The van der Waals surface area contributed by atoms with Gasteiger partial charge in [0.05, 0.1) is 0 Å². The summed E-state index contributed by atoms with van der Waals surface area (Å²) in [5.74, 6) is 0.423. The predicted molar refractivity (Wildman–Crippen MR) is 61.6 cm³/mol. The van der Waals surface area contributed by atoms with Crippen LogP contribution in [-0.2, 0) is 4.74 Å². The summed E-state index contributed by atoms with van der Waals surface area (Å²) in [4.78, 5) is 4.16. The number of hydrogen-bond acceptors (Lipinski definition) is 3. The first-order valence-corrected chi connectivity index (χ1v) is 5.32. The van der Waals surface area contributed by atoms with Crippen LogP contribution in [0.25, 0.3) is 0 Å². The van der Waals surface area contributed by atoms with E-state index in [1.165, 1.54) is 0 Å². The van der Waals surface area contributed by atoms with E-state index in [0.29, 0.717) is 5.92 Å². The van der Waals surface area contributed by atoms with Crippen LogP contribution in [0.5, 0.6) is 0 Å². The Morgan fingerprint density at radius 3 is 2.87 bits per heavy atom. The van der Waals surface area contributed by atoms with Gasteiger partial charge in [0.2, 0.25) is 0 Å². The number of nitrogens with two attached hydrogens (primary N) is 1. The van der Waals surface area contributed by atoms with E-state index in [1.54, 1.807) is 7.11 Å². The molecule has 1 aromatic rings. The van der Waals surface area contributed by atoms with Gasteiger partial charge in [0.15, 0.2) is 0 Å². The lowest BCUT2D eigenvalue weighted by Crippen LogP contribution is -2.20. The third-order valence-corrected chi connectivity index (χ3v) is 2.70. The number of ether oxygens (including phenoxy) is 1. The van der Waals surface area contributed by atoms with Gasteiger partial charge < -0.3 is 10.5 Å². The third-order valence-electron chi connectivity index (χ3n) is 2.70. The molecule has 0 aliphatic carbocycles. The van der Waals surface area contributed by atoms with Crippen molar-refractivity contribution in [1.82, 2.24) is 4.98 Å². The molecule has 2 atom stereocenters. The van der Waals surface area contributed by atoms with Gasteiger partial charge in [-0.2, -0.15) is 0 Å². The minimum absolute atomic E-state index is 0.0712. The quantitative estimate of drug-likeness (QED) is 0.805. The second-order valence-electron chi connectivity index (χ2n) is 4.02. The van der Waals surface area contributed by atoms with Crippen LogP contribution in [0.4, 0.5) is 0 Å². The zero-order valence-electron chi connectivity index (χ0n) is 9.73. The average Bonchev–Trinajstić information content (AvgIpc) is 2.24. The first kappa shape index (κ1) is 12.1. The molecule has 1 rings (SSSR count). The Morgan fingerprint density at radius 1 is 1.53 bits per heavy atom. The Kier molecular flexibility index (Phi) is 4.72. The van der Waals surface area contributed by atoms with E-state index in [0.717, 1.165) is 24.3 Å². The van der Waals surface area contributed by atoms with Crippen LogP contribution in [0.1, 0.15) is 30.6 Å². The topological polar surface area (TPSA) is 48.1 Å². The molecule has 1 aromatic heterocycles. The maximum absolute atomic E-state index is 6.16. The van der Waals surface area contributed by atoms with Crippen molar-refractivity contribution in [3.63, 3.8) is 0 Å². The smallest absolute Gasteiger partial charge is 0.0465 e. The summed E-state index contributed by atoms with van der Waals surface area (Å²) in [6.45, 7) is 4.90. The standard InChI is InChI=1S/C12H20N2O/c1-9(5-7-15-3)12(13)11-4-6-14-10(2)8-11/h4,6,8-9,12H,5,7,13H2,1-3H3. The lowest BCUT2D eigenvalue weighted by atomic mass is 9.93. The van der Waals surface area contributed by atoms with Gasteiger partial charge in [-0.15, -0.1) is 0 Å². The number of hydrogen-bond donors (Lipinski definition) is 1. The highest BCUT2D eigenvalue weighted by atomic mass is 16.5. The molecule has 0 spiro atoms. The molecule has 0 radical (unpaired) electrons. The van der Waals surface area contributed by atoms with E-state index in [9.17, 15) is 0 Å². The SMILES string of the molecule is COCCC(C)C(N)c1ccnc(C)c1. The van der Waals surface area contributed by atoms with Crippen molar-refractivity contribution >= 4 is 0 Å². The zero-order valence-corrected chi connectivity index (χ0v) is 9.73. The molecule has 2 N–H and O–H groups in total. The van der Waals surface area contributed by atoms with Gasteiger partial charge >= 0.3 is 0 Å². The highest BCUT2D eigenvalue weighted by Gasteiger charge is 2.14. The lowest BCUT2D eigenvalue weighted by molar-refractivity contribution is 0.174. The van der Waals surface area contributed by atoms with Crippen LogP contribution in [0.15, 0.2) is 18.3 Å². The molecule has 3 heteroatoms. The Hall–Kier alpha value is -0.930. The zero-order chi connectivity index (χ0) is 11.3. The number of methoxy groups -OCH3 is 1. The lowest BCUT2D eigenvalue weighted by Gasteiger charge is -2.20.